The van der Waals surface area contributed by atoms with Gasteiger partial charge in [0.1, 0.15) is 5.75 Å². The first-order chi connectivity index (χ1) is 13.1. The number of anilines is 2. The van der Waals surface area contributed by atoms with Gasteiger partial charge in [-0.1, -0.05) is 29.8 Å². The minimum Gasteiger partial charge on any atom is -0.494 e. The number of carbonyl (C=O) groups is 1. The van der Waals surface area contributed by atoms with Gasteiger partial charge in [0, 0.05) is 18.4 Å². The van der Waals surface area contributed by atoms with Gasteiger partial charge in [0.25, 0.3) is 5.91 Å². The van der Waals surface area contributed by atoms with Crippen molar-refractivity contribution in [2.45, 2.75) is 20.4 Å². The Morgan fingerprint density at radius 2 is 1.85 bits per heavy atom. The first kappa shape index (κ1) is 18.5. The first-order valence-corrected chi connectivity index (χ1v) is 8.92. The molecule has 5 nitrogen and oxygen atoms in total. The summed E-state index contributed by atoms with van der Waals surface area (Å²) in [7, 11) is 0. The number of nitrogens with one attached hydrogen (secondary N) is 2. The van der Waals surface area contributed by atoms with Gasteiger partial charge in [0.2, 0.25) is 0 Å². The fraction of sp³-hybridized carbons (Fsp3) is 0.182. The van der Waals surface area contributed by atoms with E-state index in [9.17, 15) is 4.79 Å². The lowest BCUT2D eigenvalue weighted by Gasteiger charge is -2.10. The third-order valence-corrected chi connectivity index (χ3v) is 3.99. The minimum absolute atomic E-state index is 0.153. The van der Waals surface area contributed by atoms with Crippen molar-refractivity contribution in [2.75, 3.05) is 11.9 Å². The van der Waals surface area contributed by atoms with E-state index in [1.807, 2.05) is 56.3 Å². The zero-order chi connectivity index (χ0) is 19.1. The third kappa shape index (κ3) is 5.31. The van der Waals surface area contributed by atoms with E-state index in [-0.39, 0.29) is 5.91 Å². The average molecular weight is 361 g/mol. The van der Waals surface area contributed by atoms with E-state index in [0.717, 1.165) is 22.7 Å². The Kier molecular flexibility index (Phi) is 6.05. The maximum Gasteiger partial charge on any atom is 0.253 e. The van der Waals surface area contributed by atoms with Crippen LogP contribution in [0, 0.1) is 6.92 Å². The molecule has 0 atom stereocenters. The van der Waals surface area contributed by atoms with Gasteiger partial charge in [-0.05, 0) is 49.7 Å². The van der Waals surface area contributed by atoms with Gasteiger partial charge in [-0.25, -0.2) is 0 Å². The topological polar surface area (TPSA) is 63.2 Å². The fourth-order valence-electron chi connectivity index (χ4n) is 2.71. The fourth-order valence-corrected chi connectivity index (χ4v) is 2.71. The molecular formula is C22H23N3O2. The Bertz CT molecular complexity index is 907. The quantitative estimate of drug-likeness (QED) is 0.652. The van der Waals surface area contributed by atoms with Crippen LogP contribution in [0.2, 0.25) is 0 Å². The standard InChI is InChI=1S/C22H23N3O2/c1-3-27-21-9-7-19(8-10-21)25-20-12-18(14-23-15-20)22(26)24-13-17-6-4-5-16(2)11-17/h4-12,14-15,25H,3,13H2,1-2H3,(H,24,26). The van der Waals surface area contributed by atoms with E-state index in [4.69, 9.17) is 4.74 Å². The number of nitrogens with zero attached hydrogens (tertiary/aromatic N) is 1. The lowest BCUT2D eigenvalue weighted by molar-refractivity contribution is 0.0950. The number of carbonyl (C=O) groups excluding carboxylic acids is 1. The van der Waals surface area contributed by atoms with Crippen molar-refractivity contribution in [1.82, 2.24) is 10.3 Å². The molecule has 5 heteroatoms. The van der Waals surface area contributed by atoms with E-state index in [1.165, 1.54) is 5.56 Å². The minimum atomic E-state index is -0.153. The van der Waals surface area contributed by atoms with E-state index in [1.54, 1.807) is 18.5 Å². The Balaban J connectivity index is 1.63. The molecule has 1 amide bonds. The van der Waals surface area contributed by atoms with Gasteiger partial charge in [0.05, 0.1) is 24.1 Å². The third-order valence-electron chi connectivity index (χ3n) is 3.99. The van der Waals surface area contributed by atoms with Crippen LogP contribution in [-0.4, -0.2) is 17.5 Å². The molecule has 0 unspecified atom stereocenters. The average Bonchev–Trinajstić information content (AvgIpc) is 2.68. The van der Waals surface area contributed by atoms with Crippen LogP contribution in [0.4, 0.5) is 11.4 Å². The molecule has 0 aliphatic carbocycles. The molecule has 0 saturated carbocycles. The number of hydrogen-bond acceptors (Lipinski definition) is 4. The second-order valence-electron chi connectivity index (χ2n) is 6.22. The van der Waals surface area contributed by atoms with Crippen LogP contribution < -0.4 is 15.4 Å². The molecule has 27 heavy (non-hydrogen) atoms. The molecule has 0 fully saturated rings. The van der Waals surface area contributed by atoms with Gasteiger partial charge in [-0.2, -0.15) is 0 Å². The Hall–Kier alpha value is -3.34. The highest BCUT2D eigenvalue weighted by Crippen LogP contribution is 2.20. The van der Waals surface area contributed by atoms with E-state index < -0.39 is 0 Å². The Labute approximate surface area is 159 Å². The summed E-state index contributed by atoms with van der Waals surface area (Å²) in [5.74, 6) is 0.671. The maximum absolute atomic E-state index is 12.4. The molecule has 1 heterocycles. The molecule has 0 saturated heterocycles. The molecule has 3 rings (SSSR count). The van der Waals surface area contributed by atoms with Crippen LogP contribution in [0.25, 0.3) is 0 Å². The maximum atomic E-state index is 12.4. The number of aromatic nitrogens is 1. The van der Waals surface area contributed by atoms with Crippen LogP contribution in [0.5, 0.6) is 5.75 Å². The van der Waals surface area contributed by atoms with E-state index >= 15 is 0 Å². The van der Waals surface area contributed by atoms with Crippen molar-refractivity contribution in [3.63, 3.8) is 0 Å². The van der Waals surface area contributed by atoms with Gasteiger partial charge < -0.3 is 15.4 Å². The summed E-state index contributed by atoms with van der Waals surface area (Å²) in [4.78, 5) is 16.6. The molecule has 1 aromatic heterocycles. The van der Waals surface area contributed by atoms with Crippen LogP contribution >= 0.6 is 0 Å². The highest BCUT2D eigenvalue weighted by molar-refractivity contribution is 5.94. The van der Waals surface area contributed by atoms with Crippen LogP contribution in [0.15, 0.2) is 67.0 Å². The van der Waals surface area contributed by atoms with Crippen LogP contribution in [0.1, 0.15) is 28.4 Å². The second-order valence-corrected chi connectivity index (χ2v) is 6.22. The summed E-state index contributed by atoms with van der Waals surface area (Å²) in [5, 5.41) is 6.18. The summed E-state index contributed by atoms with van der Waals surface area (Å²) in [6.07, 6.45) is 3.25. The smallest absolute Gasteiger partial charge is 0.253 e. The summed E-state index contributed by atoms with van der Waals surface area (Å²) >= 11 is 0. The predicted octanol–water partition coefficient (Wildman–Crippen LogP) is 4.46. The Morgan fingerprint density at radius 1 is 1.04 bits per heavy atom. The number of amides is 1. The molecule has 0 bridgehead atoms. The first-order valence-electron chi connectivity index (χ1n) is 8.92. The summed E-state index contributed by atoms with van der Waals surface area (Å²) in [6.45, 7) is 5.10. The molecule has 2 N–H and O–H groups in total. The number of rotatable bonds is 7. The lowest BCUT2D eigenvalue weighted by atomic mass is 10.1. The number of ether oxygens (including phenoxy) is 1. The molecule has 0 radical (unpaired) electrons. The van der Waals surface area contributed by atoms with Gasteiger partial charge >= 0.3 is 0 Å². The normalized spacial score (nSPS) is 10.3. The van der Waals surface area contributed by atoms with Crippen LogP contribution in [-0.2, 0) is 6.54 Å². The SMILES string of the molecule is CCOc1ccc(Nc2cncc(C(=O)NCc3cccc(C)c3)c2)cc1. The molecule has 3 aromatic rings. The van der Waals surface area contributed by atoms with Crippen molar-refractivity contribution in [3.05, 3.63) is 83.7 Å². The highest BCUT2D eigenvalue weighted by Gasteiger charge is 2.07. The molecule has 0 spiro atoms. The lowest BCUT2D eigenvalue weighted by Crippen LogP contribution is -2.23. The number of pyridine rings is 1. The molecule has 2 aromatic carbocycles. The van der Waals surface area contributed by atoms with Crippen molar-refractivity contribution in [1.29, 1.82) is 0 Å². The number of hydrogen-bond donors (Lipinski definition) is 2. The molecule has 0 aliphatic heterocycles. The molecular weight excluding hydrogens is 338 g/mol. The second kappa shape index (κ2) is 8.85. The largest absolute Gasteiger partial charge is 0.494 e. The zero-order valence-corrected chi connectivity index (χ0v) is 15.5. The number of aryl methyl sites for hydroxylation is 1. The summed E-state index contributed by atoms with van der Waals surface area (Å²) in [6, 6.07) is 17.5. The van der Waals surface area contributed by atoms with Gasteiger partial charge in [0.15, 0.2) is 0 Å². The van der Waals surface area contributed by atoms with Crippen molar-refractivity contribution >= 4 is 17.3 Å². The van der Waals surface area contributed by atoms with E-state index in [2.05, 4.69) is 21.7 Å². The van der Waals surface area contributed by atoms with Gasteiger partial charge in [-0.3, -0.25) is 9.78 Å². The van der Waals surface area contributed by atoms with E-state index in [0.29, 0.717) is 18.7 Å². The Morgan fingerprint density at radius 3 is 2.59 bits per heavy atom. The van der Waals surface area contributed by atoms with Crippen LogP contribution in [0.3, 0.4) is 0 Å². The molecule has 0 aliphatic rings. The summed E-state index contributed by atoms with van der Waals surface area (Å²) < 4.78 is 5.44. The monoisotopic (exact) mass is 361 g/mol. The predicted molar refractivity (Wildman–Crippen MR) is 107 cm³/mol. The molecule has 138 valence electrons. The van der Waals surface area contributed by atoms with Crippen molar-refractivity contribution in [2.24, 2.45) is 0 Å². The summed E-state index contributed by atoms with van der Waals surface area (Å²) in [5.41, 5.74) is 4.41. The highest BCUT2D eigenvalue weighted by atomic mass is 16.5. The van der Waals surface area contributed by atoms with Crippen molar-refractivity contribution < 1.29 is 9.53 Å². The van der Waals surface area contributed by atoms with Gasteiger partial charge in [-0.15, -0.1) is 0 Å². The van der Waals surface area contributed by atoms with Crippen molar-refractivity contribution in [3.8, 4) is 5.75 Å². The zero-order valence-electron chi connectivity index (χ0n) is 15.5. The number of benzene rings is 2.